The average molecular weight is 546 g/mol. The van der Waals surface area contributed by atoms with Gasteiger partial charge in [0.2, 0.25) is 0 Å². The molecule has 4 rings (SSSR count). The fourth-order valence-corrected chi connectivity index (χ4v) is 7.11. The molecule has 0 saturated heterocycles. The van der Waals surface area contributed by atoms with E-state index in [1.165, 1.54) is 14.2 Å². The summed E-state index contributed by atoms with van der Waals surface area (Å²) in [6, 6.07) is 14.2. The smallest absolute Gasteiger partial charge is 0.346 e. The molecule has 0 unspecified atom stereocenters. The summed E-state index contributed by atoms with van der Waals surface area (Å²) >= 11 is 14.3. The summed E-state index contributed by atoms with van der Waals surface area (Å²) in [4.78, 5) is 41.0. The highest BCUT2D eigenvalue weighted by Crippen LogP contribution is 2.56. The van der Waals surface area contributed by atoms with E-state index in [0.717, 1.165) is 29.1 Å². The number of benzene rings is 2. The molecule has 2 heterocycles. The van der Waals surface area contributed by atoms with Crippen LogP contribution in [0.25, 0.3) is 5.57 Å². The molecular weight excluding hydrogens is 526 g/mol. The third-order valence-corrected chi connectivity index (χ3v) is 9.07. The predicted octanol–water partition coefficient (Wildman–Crippen LogP) is 5.86. The molecule has 0 fully saturated rings. The number of halogens is 1. The Morgan fingerprint density at radius 1 is 0.943 bits per heavy atom. The van der Waals surface area contributed by atoms with Crippen LogP contribution in [0.1, 0.15) is 29.8 Å². The van der Waals surface area contributed by atoms with E-state index in [4.69, 9.17) is 33.3 Å². The van der Waals surface area contributed by atoms with Gasteiger partial charge in [-0.05, 0) is 38.1 Å². The number of esters is 2. The van der Waals surface area contributed by atoms with Gasteiger partial charge < -0.3 is 9.47 Å². The van der Waals surface area contributed by atoms with Crippen molar-refractivity contribution in [1.82, 2.24) is 0 Å². The van der Waals surface area contributed by atoms with Crippen molar-refractivity contribution in [3.63, 3.8) is 0 Å². The van der Waals surface area contributed by atoms with Crippen LogP contribution in [0.15, 0.2) is 62.6 Å². The summed E-state index contributed by atoms with van der Waals surface area (Å²) in [5.74, 6) is -1.51. The Morgan fingerprint density at radius 3 is 2.11 bits per heavy atom. The number of carbonyl (C=O) groups excluding carboxylic acids is 3. The third kappa shape index (κ3) is 4.42. The molecule has 2 aliphatic rings. The van der Waals surface area contributed by atoms with Crippen molar-refractivity contribution < 1.29 is 23.9 Å². The molecule has 0 radical (unpaired) electrons. The highest BCUT2D eigenvalue weighted by molar-refractivity contribution is 8.29. The van der Waals surface area contributed by atoms with Crippen molar-refractivity contribution in [2.45, 2.75) is 19.4 Å². The first-order valence-electron chi connectivity index (χ1n) is 10.4. The molecule has 2 aromatic rings. The van der Waals surface area contributed by atoms with E-state index in [0.29, 0.717) is 30.9 Å². The normalized spacial score (nSPS) is 16.8. The van der Waals surface area contributed by atoms with Gasteiger partial charge in [0.25, 0.3) is 5.91 Å². The van der Waals surface area contributed by atoms with E-state index >= 15 is 0 Å². The molecule has 0 aliphatic carbocycles. The third-order valence-electron chi connectivity index (χ3n) is 5.57. The molecule has 6 nitrogen and oxygen atoms in total. The first-order chi connectivity index (χ1) is 16.6. The molecule has 0 saturated carbocycles. The number of hydrogen-bond acceptors (Lipinski definition) is 8. The average Bonchev–Trinajstić information content (AvgIpc) is 3.28. The summed E-state index contributed by atoms with van der Waals surface area (Å²) < 4.78 is 10.4. The fourth-order valence-electron chi connectivity index (χ4n) is 3.88. The summed E-state index contributed by atoms with van der Waals surface area (Å²) in [5.41, 5.74) is 1.59. The number of carbonyl (C=O) groups is 3. The lowest BCUT2D eigenvalue weighted by Gasteiger charge is -2.45. The van der Waals surface area contributed by atoms with Gasteiger partial charge in [-0.3, -0.25) is 9.69 Å². The lowest BCUT2D eigenvalue weighted by molar-refractivity contribution is -0.138. The largest absolute Gasteiger partial charge is 0.465 e. The highest BCUT2D eigenvalue weighted by atomic mass is 35.5. The van der Waals surface area contributed by atoms with Crippen molar-refractivity contribution in [3.8, 4) is 0 Å². The van der Waals surface area contributed by atoms with Crippen molar-refractivity contribution >= 4 is 81.3 Å². The van der Waals surface area contributed by atoms with E-state index in [2.05, 4.69) is 0 Å². The van der Waals surface area contributed by atoms with Gasteiger partial charge in [-0.15, -0.1) is 0 Å². The second-order valence-electron chi connectivity index (χ2n) is 8.06. The number of methoxy groups -OCH3 is 2. The molecule has 35 heavy (non-hydrogen) atoms. The van der Waals surface area contributed by atoms with Crippen molar-refractivity contribution in [3.05, 3.63) is 78.7 Å². The Hall–Kier alpha value is -2.59. The zero-order chi connectivity index (χ0) is 25.5. The van der Waals surface area contributed by atoms with Gasteiger partial charge in [-0.1, -0.05) is 71.6 Å². The monoisotopic (exact) mass is 545 g/mol. The number of rotatable bonds is 3. The summed E-state index contributed by atoms with van der Waals surface area (Å²) in [6.07, 6.45) is 0. The van der Waals surface area contributed by atoms with E-state index in [1.54, 1.807) is 29.2 Å². The maximum atomic E-state index is 13.7. The van der Waals surface area contributed by atoms with Crippen molar-refractivity contribution in [2.75, 3.05) is 19.1 Å². The molecule has 0 aromatic heterocycles. The molecule has 0 bridgehead atoms. The van der Waals surface area contributed by atoms with Crippen molar-refractivity contribution in [2.24, 2.45) is 0 Å². The zero-order valence-electron chi connectivity index (χ0n) is 19.2. The maximum absolute atomic E-state index is 13.7. The Bertz CT molecular complexity index is 1320. The van der Waals surface area contributed by atoms with Gasteiger partial charge in [0, 0.05) is 21.7 Å². The van der Waals surface area contributed by atoms with Crippen LogP contribution in [0, 0.1) is 0 Å². The van der Waals surface area contributed by atoms with Crippen LogP contribution < -0.4 is 4.90 Å². The number of amides is 1. The van der Waals surface area contributed by atoms with Gasteiger partial charge >= 0.3 is 11.9 Å². The fraction of sp³-hybridized carbons (Fsp3) is 0.200. The number of fused-ring (bicyclic) bond motifs is 1. The maximum Gasteiger partial charge on any atom is 0.346 e. The number of thiocarbonyl (C=S) groups is 1. The quantitative estimate of drug-likeness (QED) is 0.270. The van der Waals surface area contributed by atoms with Crippen molar-refractivity contribution in [1.29, 1.82) is 0 Å². The van der Waals surface area contributed by atoms with Crippen LogP contribution >= 0.6 is 47.3 Å². The second kappa shape index (κ2) is 9.81. The SMILES string of the molecule is COC(=O)C1=C(C(=O)OC)SC(=C2C(=S)C(C)(C)N(C(=O)c3cccc(Cl)c3)c3ccccc32)S1. The lowest BCUT2D eigenvalue weighted by Crippen LogP contribution is -2.55. The number of para-hydroxylation sites is 1. The Balaban J connectivity index is 1.88. The van der Waals surface area contributed by atoms with Gasteiger partial charge in [0.1, 0.15) is 9.81 Å². The van der Waals surface area contributed by atoms with Crippen LogP contribution in [0.2, 0.25) is 5.02 Å². The molecule has 0 spiro atoms. The minimum Gasteiger partial charge on any atom is -0.465 e. The summed E-state index contributed by atoms with van der Waals surface area (Å²) in [5, 5.41) is 0.458. The molecular formula is C25H20ClNO5S3. The van der Waals surface area contributed by atoms with E-state index in [1.807, 2.05) is 38.1 Å². The van der Waals surface area contributed by atoms with E-state index < -0.39 is 17.5 Å². The number of thioether (sulfide) groups is 2. The topological polar surface area (TPSA) is 72.9 Å². The Morgan fingerprint density at radius 2 is 1.54 bits per heavy atom. The van der Waals surface area contributed by atoms with Crippen LogP contribution in [0.3, 0.4) is 0 Å². The van der Waals surface area contributed by atoms with Gasteiger partial charge in [0.05, 0.1) is 34.5 Å². The Kier molecular flexibility index (Phi) is 7.15. The minimum absolute atomic E-state index is 0.141. The molecule has 1 amide bonds. The van der Waals surface area contributed by atoms with Crippen LogP contribution in [-0.2, 0) is 19.1 Å². The second-order valence-corrected chi connectivity index (χ2v) is 11.2. The van der Waals surface area contributed by atoms with Gasteiger partial charge in [-0.25, -0.2) is 9.59 Å². The van der Waals surface area contributed by atoms with E-state index in [9.17, 15) is 14.4 Å². The first kappa shape index (κ1) is 25.5. The number of nitrogens with zero attached hydrogens (tertiary/aromatic N) is 1. The van der Waals surface area contributed by atoms with Crippen LogP contribution in [0.4, 0.5) is 5.69 Å². The minimum atomic E-state index is -0.911. The summed E-state index contributed by atoms with van der Waals surface area (Å²) in [7, 11) is 2.51. The van der Waals surface area contributed by atoms with Gasteiger partial charge in [0.15, 0.2) is 0 Å². The number of hydrogen-bond donors (Lipinski definition) is 0. The van der Waals surface area contributed by atoms with Crippen LogP contribution in [-0.4, -0.2) is 42.5 Å². The molecule has 2 aliphatic heterocycles. The van der Waals surface area contributed by atoms with E-state index in [-0.39, 0.29) is 15.7 Å². The molecule has 0 atom stereocenters. The van der Waals surface area contributed by atoms with Crippen LogP contribution in [0.5, 0.6) is 0 Å². The summed E-state index contributed by atoms with van der Waals surface area (Å²) in [6.45, 7) is 3.74. The highest BCUT2D eigenvalue weighted by Gasteiger charge is 2.46. The molecule has 2 aromatic carbocycles. The molecule has 180 valence electrons. The standard InChI is InChI=1S/C25H20ClNO5S3/c1-25(2)20(33)17(24-34-18(22(29)31-3)19(35-24)23(30)32-4)15-10-5-6-11-16(15)27(25)21(28)13-8-7-9-14(26)12-13/h5-12H,1-4H3. The first-order valence-corrected chi connectivity index (χ1v) is 12.8. The van der Waals surface area contributed by atoms with Gasteiger partial charge in [-0.2, -0.15) is 0 Å². The number of ether oxygens (including phenoxy) is 2. The Labute approximate surface area is 221 Å². The molecule has 0 N–H and O–H groups in total. The molecule has 10 heteroatoms. The predicted molar refractivity (Wildman–Crippen MR) is 145 cm³/mol. The number of anilines is 1. The zero-order valence-corrected chi connectivity index (χ0v) is 22.4. The lowest BCUT2D eigenvalue weighted by atomic mass is 9.83.